The summed E-state index contributed by atoms with van der Waals surface area (Å²) in [6.07, 6.45) is 1.08. The van der Waals surface area contributed by atoms with Crippen LogP contribution in [0.3, 0.4) is 0 Å². The summed E-state index contributed by atoms with van der Waals surface area (Å²) in [5.41, 5.74) is 2.08. The fraction of sp³-hybridized carbons (Fsp3) is 0.150. The number of nitrogens with zero attached hydrogens (tertiary/aromatic N) is 1. The Bertz CT molecular complexity index is 1290. The summed E-state index contributed by atoms with van der Waals surface area (Å²) >= 11 is 11.6. The molecule has 0 aliphatic heterocycles. The number of rotatable bonds is 10. The third kappa shape index (κ3) is 6.79. The highest BCUT2D eigenvalue weighted by Crippen LogP contribution is 2.21. The average molecular weight is 532 g/mol. The van der Waals surface area contributed by atoms with Gasteiger partial charge in [0.2, 0.25) is 15.9 Å². The third-order valence-corrected chi connectivity index (χ3v) is 8.03. The largest absolute Gasteiger partial charge is 0.468 e. The van der Waals surface area contributed by atoms with E-state index in [0.717, 1.165) is 4.31 Å². The first-order valence-corrected chi connectivity index (χ1v) is 13.1. The Morgan fingerprint density at radius 1 is 0.879 bits per heavy atom. The van der Waals surface area contributed by atoms with Gasteiger partial charge in [0, 0.05) is 23.0 Å². The molecule has 0 aliphatic carbocycles. The first-order chi connectivity index (χ1) is 15.6. The van der Waals surface area contributed by atoms with Gasteiger partial charge in [0.1, 0.15) is 5.76 Å². The molecule has 176 valence electrons. The van der Waals surface area contributed by atoms with Crippen LogP contribution in [0.1, 0.15) is 12.2 Å². The van der Waals surface area contributed by atoms with Gasteiger partial charge in [-0.25, -0.2) is 16.8 Å². The van der Waals surface area contributed by atoms with Gasteiger partial charge >= 0.3 is 0 Å². The van der Waals surface area contributed by atoms with Crippen molar-refractivity contribution in [1.29, 1.82) is 0 Å². The van der Waals surface area contributed by atoms with E-state index in [0.29, 0.717) is 15.8 Å². The highest BCUT2D eigenvalue weighted by Gasteiger charge is 2.26. The van der Waals surface area contributed by atoms with Gasteiger partial charge in [0.15, 0.2) is 0 Å². The summed E-state index contributed by atoms with van der Waals surface area (Å²) in [4.78, 5) is 14.1. The monoisotopic (exact) mass is 531 g/mol. The molecule has 0 atom stereocenters. The third-order valence-electron chi connectivity index (χ3n) is 4.40. The number of hydrogen-bond acceptors (Lipinski definition) is 6. The van der Waals surface area contributed by atoms with Crippen LogP contribution in [0.4, 0.5) is 0 Å². The minimum absolute atomic E-state index is 0.0118. The first-order valence-electron chi connectivity index (χ1n) is 9.42. The predicted molar refractivity (Wildman–Crippen MR) is 122 cm³/mol. The standard InChI is InChI=1S/C20H19Cl2N3O6S2/c21-15-3-7-18(8-4-15)32(27,28)24-23-20(26)11-12-25(14-17-2-1-13-31-17)33(29,30)19-9-5-16(22)6-10-19/h1-10,13,24H,11-12,14H2,(H,23,26). The summed E-state index contributed by atoms with van der Waals surface area (Å²) in [5.74, 6) is -0.361. The molecule has 0 saturated carbocycles. The number of carbonyl (C=O) groups is 1. The number of benzene rings is 2. The number of hydrazine groups is 1. The summed E-state index contributed by atoms with van der Waals surface area (Å²) in [5, 5.41) is 0.732. The van der Waals surface area contributed by atoms with E-state index in [1.807, 2.05) is 4.83 Å². The van der Waals surface area contributed by atoms with Crippen molar-refractivity contribution in [3.63, 3.8) is 0 Å². The number of furan rings is 1. The SMILES string of the molecule is O=C(CCN(Cc1ccco1)S(=O)(=O)c1ccc(Cl)cc1)NNS(=O)(=O)c1ccc(Cl)cc1. The van der Waals surface area contributed by atoms with Crippen LogP contribution in [-0.4, -0.2) is 33.6 Å². The zero-order valence-electron chi connectivity index (χ0n) is 16.9. The zero-order valence-corrected chi connectivity index (χ0v) is 20.1. The fourth-order valence-electron chi connectivity index (χ4n) is 2.70. The molecule has 9 nitrogen and oxygen atoms in total. The van der Waals surface area contributed by atoms with Crippen molar-refractivity contribution in [3.8, 4) is 0 Å². The fourth-order valence-corrected chi connectivity index (χ4v) is 5.22. The molecule has 3 rings (SSSR count). The minimum atomic E-state index is -4.03. The van der Waals surface area contributed by atoms with E-state index in [1.165, 1.54) is 54.8 Å². The van der Waals surface area contributed by atoms with Gasteiger partial charge in [-0.1, -0.05) is 23.2 Å². The van der Waals surface area contributed by atoms with Crippen LogP contribution in [-0.2, 0) is 31.4 Å². The van der Waals surface area contributed by atoms with E-state index in [-0.39, 0.29) is 29.3 Å². The Kier molecular flexibility index (Phi) is 8.16. The van der Waals surface area contributed by atoms with Gasteiger partial charge in [-0.05, 0) is 60.7 Å². The molecule has 0 bridgehead atoms. The number of carbonyl (C=O) groups excluding carboxylic acids is 1. The van der Waals surface area contributed by atoms with Crippen LogP contribution < -0.4 is 10.3 Å². The van der Waals surface area contributed by atoms with E-state index < -0.39 is 26.0 Å². The first kappa shape index (κ1) is 25.2. The summed E-state index contributed by atoms with van der Waals surface area (Å²) in [6.45, 7) is -0.359. The molecule has 1 aromatic heterocycles. The molecular formula is C20H19Cl2N3O6S2. The maximum Gasteiger partial charge on any atom is 0.257 e. The van der Waals surface area contributed by atoms with Gasteiger partial charge in [-0.15, -0.1) is 4.83 Å². The Morgan fingerprint density at radius 3 is 2.00 bits per heavy atom. The Balaban J connectivity index is 1.68. The van der Waals surface area contributed by atoms with E-state index in [2.05, 4.69) is 5.43 Å². The molecule has 1 heterocycles. The zero-order chi connectivity index (χ0) is 24.1. The Labute approximate surface area is 201 Å². The average Bonchev–Trinajstić information content (AvgIpc) is 3.29. The van der Waals surface area contributed by atoms with Gasteiger partial charge in [0.05, 0.1) is 22.6 Å². The van der Waals surface area contributed by atoms with E-state index >= 15 is 0 Å². The molecule has 0 aliphatic rings. The second kappa shape index (κ2) is 10.7. The summed E-state index contributed by atoms with van der Waals surface area (Å²) < 4.78 is 57.0. The Hall–Kier alpha value is -2.41. The second-order valence-corrected chi connectivity index (χ2v) is 11.2. The molecule has 0 fully saturated rings. The number of halogens is 2. The number of hydrogen-bond donors (Lipinski definition) is 2. The molecule has 0 saturated heterocycles. The van der Waals surface area contributed by atoms with Crippen LogP contribution in [0.25, 0.3) is 0 Å². The lowest BCUT2D eigenvalue weighted by Crippen LogP contribution is -2.43. The van der Waals surface area contributed by atoms with Crippen molar-refractivity contribution in [3.05, 3.63) is 82.7 Å². The van der Waals surface area contributed by atoms with Gasteiger partial charge in [-0.2, -0.15) is 4.31 Å². The van der Waals surface area contributed by atoms with Gasteiger partial charge in [0.25, 0.3) is 10.0 Å². The molecule has 2 N–H and O–H groups in total. The maximum absolute atomic E-state index is 13.1. The highest BCUT2D eigenvalue weighted by atomic mass is 35.5. The maximum atomic E-state index is 13.1. The highest BCUT2D eigenvalue weighted by molar-refractivity contribution is 7.89. The molecule has 0 unspecified atom stereocenters. The predicted octanol–water partition coefficient (Wildman–Crippen LogP) is 3.18. The van der Waals surface area contributed by atoms with E-state index in [9.17, 15) is 21.6 Å². The molecule has 33 heavy (non-hydrogen) atoms. The van der Waals surface area contributed by atoms with Crippen LogP contribution in [0.2, 0.25) is 10.0 Å². The lowest BCUT2D eigenvalue weighted by atomic mass is 10.4. The molecule has 0 radical (unpaired) electrons. The Morgan fingerprint density at radius 2 is 1.45 bits per heavy atom. The van der Waals surface area contributed by atoms with E-state index in [1.54, 1.807) is 12.1 Å². The number of nitrogens with one attached hydrogen (secondary N) is 2. The number of amides is 1. The smallest absolute Gasteiger partial charge is 0.257 e. The van der Waals surface area contributed by atoms with Crippen molar-refractivity contribution >= 4 is 49.2 Å². The molecule has 0 spiro atoms. The molecule has 1 amide bonds. The van der Waals surface area contributed by atoms with Gasteiger partial charge < -0.3 is 4.42 Å². The quantitative estimate of drug-likeness (QED) is 0.387. The van der Waals surface area contributed by atoms with Crippen LogP contribution in [0, 0.1) is 0 Å². The normalized spacial score (nSPS) is 12.1. The van der Waals surface area contributed by atoms with Gasteiger partial charge in [-0.3, -0.25) is 10.2 Å². The topological polar surface area (TPSA) is 126 Å². The lowest BCUT2D eigenvalue weighted by molar-refractivity contribution is -0.121. The van der Waals surface area contributed by atoms with Crippen LogP contribution in [0.5, 0.6) is 0 Å². The van der Waals surface area contributed by atoms with Crippen LogP contribution >= 0.6 is 23.2 Å². The van der Waals surface area contributed by atoms with Crippen molar-refractivity contribution in [1.82, 2.24) is 14.6 Å². The minimum Gasteiger partial charge on any atom is -0.468 e. The molecule has 3 aromatic rings. The lowest BCUT2D eigenvalue weighted by Gasteiger charge is -2.21. The molecule has 2 aromatic carbocycles. The second-order valence-electron chi connectivity index (χ2n) is 6.73. The number of sulfonamides is 2. The molecular weight excluding hydrogens is 513 g/mol. The van der Waals surface area contributed by atoms with Crippen molar-refractivity contribution in [2.24, 2.45) is 0 Å². The van der Waals surface area contributed by atoms with Crippen molar-refractivity contribution in [2.45, 2.75) is 22.8 Å². The molecule has 13 heteroatoms. The summed E-state index contributed by atoms with van der Waals surface area (Å²) in [7, 11) is -8.02. The van der Waals surface area contributed by atoms with E-state index in [4.69, 9.17) is 27.6 Å². The van der Waals surface area contributed by atoms with Crippen molar-refractivity contribution < 1.29 is 26.0 Å². The van der Waals surface area contributed by atoms with Crippen LogP contribution in [0.15, 0.2) is 81.1 Å². The summed E-state index contributed by atoms with van der Waals surface area (Å²) in [6, 6.07) is 14.2. The van der Waals surface area contributed by atoms with Crippen molar-refractivity contribution in [2.75, 3.05) is 6.54 Å².